The lowest BCUT2D eigenvalue weighted by Gasteiger charge is -2.22. The Morgan fingerprint density at radius 2 is 1.84 bits per heavy atom. The monoisotopic (exact) mass is 306 g/mol. The summed E-state index contributed by atoms with van der Waals surface area (Å²) in [5.41, 5.74) is 1.06. The second-order valence-corrected chi connectivity index (χ2v) is 5.08. The molecular weight excluding hydrogens is 283 g/mol. The molecule has 2 heterocycles. The van der Waals surface area contributed by atoms with Gasteiger partial charge in [-0.2, -0.15) is 0 Å². The van der Waals surface area contributed by atoms with E-state index in [1.54, 1.807) is 0 Å². The van der Waals surface area contributed by atoms with E-state index in [-0.39, 0.29) is 24.8 Å². The molecule has 110 valence electrons. The number of piperidine rings is 1. The lowest BCUT2D eigenvalue weighted by Crippen LogP contribution is -2.29. The molecule has 0 amide bonds. The molecule has 2 rings (SSSR count). The highest BCUT2D eigenvalue weighted by atomic mass is 35.5. The number of aryl methyl sites for hydroxylation is 1. The van der Waals surface area contributed by atoms with Gasteiger partial charge in [0.05, 0.1) is 0 Å². The van der Waals surface area contributed by atoms with Gasteiger partial charge in [0, 0.05) is 32.3 Å². The Kier molecular flexibility index (Phi) is 8.30. The van der Waals surface area contributed by atoms with Crippen molar-refractivity contribution in [2.75, 3.05) is 32.1 Å². The van der Waals surface area contributed by atoms with Crippen LogP contribution in [-0.4, -0.2) is 37.2 Å². The van der Waals surface area contributed by atoms with Crippen molar-refractivity contribution in [3.05, 3.63) is 17.6 Å². The lowest BCUT2D eigenvalue weighted by molar-refractivity contribution is 0.367. The third-order valence-corrected chi connectivity index (χ3v) is 3.28. The number of aromatic nitrogens is 2. The van der Waals surface area contributed by atoms with Gasteiger partial charge in [-0.25, -0.2) is 9.97 Å². The Balaban J connectivity index is 0.00000162. The first-order valence-corrected chi connectivity index (χ1v) is 6.38. The molecule has 1 N–H and O–H groups in total. The Morgan fingerprint density at radius 3 is 2.42 bits per heavy atom. The second kappa shape index (κ2) is 8.56. The summed E-state index contributed by atoms with van der Waals surface area (Å²) in [4.78, 5) is 11.2. The Morgan fingerprint density at radius 1 is 1.21 bits per heavy atom. The van der Waals surface area contributed by atoms with E-state index >= 15 is 0 Å². The summed E-state index contributed by atoms with van der Waals surface area (Å²) in [6, 6.07) is 2.03. The summed E-state index contributed by atoms with van der Waals surface area (Å²) >= 11 is 0. The summed E-state index contributed by atoms with van der Waals surface area (Å²) in [7, 11) is 4.05. The van der Waals surface area contributed by atoms with Gasteiger partial charge in [0.2, 0.25) is 0 Å². The predicted molar refractivity (Wildman–Crippen MR) is 84.9 cm³/mol. The smallest absolute Gasteiger partial charge is 0.131 e. The maximum Gasteiger partial charge on any atom is 0.131 e. The van der Waals surface area contributed by atoms with Crippen molar-refractivity contribution in [2.24, 2.45) is 5.92 Å². The van der Waals surface area contributed by atoms with Crippen LogP contribution in [0.15, 0.2) is 6.07 Å². The molecule has 0 unspecified atom stereocenters. The third-order valence-electron chi connectivity index (χ3n) is 3.28. The van der Waals surface area contributed by atoms with E-state index in [1.165, 1.54) is 12.8 Å². The minimum atomic E-state index is 0. The van der Waals surface area contributed by atoms with Gasteiger partial charge in [-0.05, 0) is 38.8 Å². The van der Waals surface area contributed by atoms with Crippen LogP contribution in [0.4, 0.5) is 5.82 Å². The zero-order valence-electron chi connectivity index (χ0n) is 11.8. The minimum absolute atomic E-state index is 0. The number of hydrogen-bond acceptors (Lipinski definition) is 4. The first kappa shape index (κ1) is 18.4. The molecule has 1 saturated heterocycles. The highest BCUT2D eigenvalue weighted by Crippen LogP contribution is 2.18. The van der Waals surface area contributed by atoms with Crippen LogP contribution in [0.5, 0.6) is 0 Å². The topological polar surface area (TPSA) is 41.1 Å². The summed E-state index contributed by atoms with van der Waals surface area (Å²) in [5, 5.41) is 3.39. The number of rotatable bonds is 3. The normalized spacial score (nSPS) is 15.3. The van der Waals surface area contributed by atoms with Gasteiger partial charge in [0.25, 0.3) is 0 Å². The summed E-state index contributed by atoms with van der Waals surface area (Å²) < 4.78 is 0. The molecule has 0 radical (unpaired) electrons. The van der Waals surface area contributed by atoms with Crippen LogP contribution in [0.3, 0.4) is 0 Å². The molecule has 6 heteroatoms. The van der Waals surface area contributed by atoms with E-state index in [4.69, 9.17) is 0 Å². The molecule has 0 saturated carbocycles. The van der Waals surface area contributed by atoms with Crippen LogP contribution < -0.4 is 10.2 Å². The molecule has 1 aliphatic heterocycles. The van der Waals surface area contributed by atoms with Crippen LogP contribution >= 0.6 is 24.8 Å². The molecule has 1 aliphatic rings. The van der Waals surface area contributed by atoms with Gasteiger partial charge in [-0.1, -0.05) is 0 Å². The van der Waals surface area contributed by atoms with Crippen LogP contribution in [0.1, 0.15) is 24.4 Å². The van der Waals surface area contributed by atoms with Gasteiger partial charge >= 0.3 is 0 Å². The van der Waals surface area contributed by atoms with Crippen molar-refractivity contribution in [1.82, 2.24) is 15.3 Å². The molecule has 0 bridgehead atoms. The van der Waals surface area contributed by atoms with Crippen molar-refractivity contribution in [3.63, 3.8) is 0 Å². The number of anilines is 1. The molecule has 0 spiro atoms. The standard InChI is InChI=1S/C13H22N4.2ClH/c1-10-8-13(17(2)3)16-12(15-10)9-11-4-6-14-7-5-11;;/h8,11,14H,4-7,9H2,1-3H3;2*1H. The maximum atomic E-state index is 4.62. The number of halogens is 2. The maximum absolute atomic E-state index is 4.62. The van der Waals surface area contributed by atoms with Crippen molar-refractivity contribution >= 4 is 30.6 Å². The summed E-state index contributed by atoms with van der Waals surface area (Å²) in [6.45, 7) is 4.31. The SMILES string of the molecule is Cc1cc(N(C)C)nc(CC2CCNCC2)n1.Cl.Cl. The van der Waals surface area contributed by atoms with Crippen LogP contribution in [-0.2, 0) is 6.42 Å². The molecule has 0 aliphatic carbocycles. The predicted octanol–water partition coefficient (Wildman–Crippen LogP) is 2.24. The van der Waals surface area contributed by atoms with Crippen molar-refractivity contribution < 1.29 is 0 Å². The average molecular weight is 307 g/mol. The van der Waals surface area contributed by atoms with E-state index in [9.17, 15) is 0 Å². The fourth-order valence-electron chi connectivity index (χ4n) is 2.28. The van der Waals surface area contributed by atoms with Crippen molar-refractivity contribution in [1.29, 1.82) is 0 Å². The molecule has 1 aromatic rings. The van der Waals surface area contributed by atoms with Crippen molar-refractivity contribution in [3.8, 4) is 0 Å². The van der Waals surface area contributed by atoms with E-state index in [0.717, 1.165) is 42.8 Å². The van der Waals surface area contributed by atoms with Gasteiger partial charge < -0.3 is 10.2 Å². The van der Waals surface area contributed by atoms with Crippen LogP contribution in [0.2, 0.25) is 0 Å². The number of nitrogens with zero attached hydrogens (tertiary/aromatic N) is 3. The van der Waals surface area contributed by atoms with Crippen molar-refractivity contribution in [2.45, 2.75) is 26.2 Å². The third kappa shape index (κ3) is 5.51. The highest BCUT2D eigenvalue weighted by Gasteiger charge is 2.15. The molecule has 0 aromatic carbocycles. The first-order chi connectivity index (χ1) is 8.15. The quantitative estimate of drug-likeness (QED) is 0.930. The van der Waals surface area contributed by atoms with E-state index in [0.29, 0.717) is 0 Å². The fourth-order valence-corrected chi connectivity index (χ4v) is 2.28. The average Bonchev–Trinajstić information content (AvgIpc) is 2.29. The number of nitrogens with one attached hydrogen (secondary N) is 1. The van der Waals surface area contributed by atoms with E-state index < -0.39 is 0 Å². The second-order valence-electron chi connectivity index (χ2n) is 5.08. The van der Waals surface area contributed by atoms with E-state index in [2.05, 4.69) is 15.3 Å². The molecule has 1 aromatic heterocycles. The summed E-state index contributed by atoms with van der Waals surface area (Å²) in [6.07, 6.45) is 3.51. The molecule has 1 fully saturated rings. The van der Waals surface area contributed by atoms with Crippen LogP contribution in [0.25, 0.3) is 0 Å². The van der Waals surface area contributed by atoms with Gasteiger partial charge in [-0.15, -0.1) is 24.8 Å². The molecule has 19 heavy (non-hydrogen) atoms. The van der Waals surface area contributed by atoms with Gasteiger partial charge in [0.15, 0.2) is 0 Å². The molecular formula is C13H24Cl2N4. The minimum Gasteiger partial charge on any atom is -0.363 e. The Bertz CT molecular complexity index is 379. The molecule has 4 nitrogen and oxygen atoms in total. The zero-order valence-corrected chi connectivity index (χ0v) is 13.5. The van der Waals surface area contributed by atoms with E-state index in [1.807, 2.05) is 32.0 Å². The van der Waals surface area contributed by atoms with Gasteiger partial charge in [0.1, 0.15) is 11.6 Å². The Labute approximate surface area is 128 Å². The Hall–Kier alpha value is -0.580. The highest BCUT2D eigenvalue weighted by molar-refractivity contribution is 5.85. The fraction of sp³-hybridized carbons (Fsp3) is 0.692. The largest absolute Gasteiger partial charge is 0.363 e. The summed E-state index contributed by atoms with van der Waals surface area (Å²) in [5.74, 6) is 2.76. The van der Waals surface area contributed by atoms with Crippen LogP contribution in [0, 0.1) is 12.8 Å². The first-order valence-electron chi connectivity index (χ1n) is 6.38. The lowest BCUT2D eigenvalue weighted by atomic mass is 9.94. The number of hydrogen-bond donors (Lipinski definition) is 1. The zero-order chi connectivity index (χ0) is 12.3. The van der Waals surface area contributed by atoms with Gasteiger partial charge in [-0.3, -0.25) is 0 Å². The molecule has 0 atom stereocenters.